The standard InChI is InChI=1S/C20H15FN4OS/c21-15-8-6-13(7-9-15)16-10-22-11-17(16)19(26)23-12-18-24-25-20(27-18)14-4-2-1-3-5-14/h1-11,22H,12H2,(H,23,26). The first-order valence-electron chi connectivity index (χ1n) is 8.29. The van der Waals surface area contributed by atoms with Crippen LogP contribution in [0.2, 0.25) is 0 Å². The van der Waals surface area contributed by atoms with Gasteiger partial charge in [0, 0.05) is 23.5 Å². The van der Waals surface area contributed by atoms with E-state index in [9.17, 15) is 9.18 Å². The zero-order valence-electron chi connectivity index (χ0n) is 14.1. The van der Waals surface area contributed by atoms with Crippen LogP contribution in [-0.2, 0) is 6.54 Å². The minimum atomic E-state index is -0.314. The Morgan fingerprint density at radius 2 is 1.78 bits per heavy atom. The van der Waals surface area contributed by atoms with Crippen molar-refractivity contribution in [3.05, 3.63) is 83.4 Å². The first-order chi connectivity index (χ1) is 13.2. The molecule has 2 heterocycles. The summed E-state index contributed by atoms with van der Waals surface area (Å²) in [7, 11) is 0. The highest BCUT2D eigenvalue weighted by atomic mass is 32.1. The number of carbonyl (C=O) groups is 1. The van der Waals surface area contributed by atoms with Gasteiger partial charge in [0.05, 0.1) is 12.1 Å². The number of benzene rings is 2. The Bertz CT molecular complexity index is 1060. The molecule has 0 fully saturated rings. The lowest BCUT2D eigenvalue weighted by Crippen LogP contribution is -2.22. The molecule has 0 atom stereocenters. The molecule has 0 spiro atoms. The highest BCUT2D eigenvalue weighted by molar-refractivity contribution is 7.14. The summed E-state index contributed by atoms with van der Waals surface area (Å²) in [6.07, 6.45) is 3.35. The molecule has 0 saturated carbocycles. The molecule has 27 heavy (non-hydrogen) atoms. The number of halogens is 1. The quantitative estimate of drug-likeness (QED) is 0.545. The molecule has 0 aliphatic carbocycles. The number of carbonyl (C=O) groups excluding carboxylic acids is 1. The van der Waals surface area contributed by atoms with Gasteiger partial charge in [-0.05, 0) is 17.7 Å². The molecule has 2 aromatic heterocycles. The third kappa shape index (κ3) is 3.78. The third-order valence-electron chi connectivity index (χ3n) is 4.03. The van der Waals surface area contributed by atoms with E-state index >= 15 is 0 Å². The Hall–Kier alpha value is -3.32. The monoisotopic (exact) mass is 378 g/mol. The van der Waals surface area contributed by atoms with Crippen LogP contribution in [0.15, 0.2) is 67.0 Å². The fraction of sp³-hybridized carbons (Fsp3) is 0.0500. The van der Waals surface area contributed by atoms with E-state index in [1.165, 1.54) is 23.5 Å². The first kappa shape index (κ1) is 17.1. The molecule has 2 N–H and O–H groups in total. The van der Waals surface area contributed by atoms with Gasteiger partial charge >= 0.3 is 0 Å². The molecule has 5 nitrogen and oxygen atoms in total. The van der Waals surface area contributed by atoms with E-state index in [-0.39, 0.29) is 18.3 Å². The summed E-state index contributed by atoms with van der Waals surface area (Å²) in [5.74, 6) is -0.544. The molecule has 4 rings (SSSR count). The normalized spacial score (nSPS) is 10.7. The summed E-state index contributed by atoms with van der Waals surface area (Å²) in [6, 6.07) is 15.8. The van der Waals surface area contributed by atoms with Crippen LogP contribution in [0.4, 0.5) is 4.39 Å². The van der Waals surface area contributed by atoms with Gasteiger partial charge in [-0.1, -0.05) is 53.8 Å². The minimum absolute atomic E-state index is 0.230. The van der Waals surface area contributed by atoms with Crippen LogP contribution in [0.1, 0.15) is 15.4 Å². The zero-order valence-corrected chi connectivity index (χ0v) is 15.0. The smallest absolute Gasteiger partial charge is 0.253 e. The number of nitrogens with zero attached hydrogens (tertiary/aromatic N) is 2. The summed E-state index contributed by atoms with van der Waals surface area (Å²) in [5.41, 5.74) is 2.98. The fourth-order valence-electron chi connectivity index (χ4n) is 2.69. The number of amides is 1. The Balaban J connectivity index is 1.46. The molecule has 4 aromatic rings. The lowest BCUT2D eigenvalue weighted by Gasteiger charge is -2.05. The number of H-pyrrole nitrogens is 1. The van der Waals surface area contributed by atoms with E-state index in [0.29, 0.717) is 5.56 Å². The molecule has 134 valence electrons. The van der Waals surface area contributed by atoms with Gasteiger partial charge in [-0.25, -0.2) is 4.39 Å². The summed E-state index contributed by atoms with van der Waals surface area (Å²) >= 11 is 1.44. The molecule has 0 saturated heterocycles. The maximum Gasteiger partial charge on any atom is 0.253 e. The number of aromatic nitrogens is 3. The zero-order chi connectivity index (χ0) is 18.6. The predicted octanol–water partition coefficient (Wildman–Crippen LogP) is 4.27. The van der Waals surface area contributed by atoms with Gasteiger partial charge in [0.15, 0.2) is 0 Å². The Morgan fingerprint density at radius 3 is 2.56 bits per heavy atom. The lowest BCUT2D eigenvalue weighted by molar-refractivity contribution is 0.0951. The van der Waals surface area contributed by atoms with E-state index in [4.69, 9.17) is 0 Å². The van der Waals surface area contributed by atoms with E-state index < -0.39 is 0 Å². The molecule has 0 unspecified atom stereocenters. The SMILES string of the molecule is O=C(NCc1nnc(-c2ccccc2)s1)c1c[nH]cc1-c1ccc(F)cc1. The van der Waals surface area contributed by atoms with Crippen molar-refractivity contribution in [2.75, 3.05) is 0 Å². The summed E-state index contributed by atoms with van der Waals surface area (Å²) in [5, 5.41) is 12.7. The Morgan fingerprint density at radius 1 is 1.00 bits per heavy atom. The molecule has 0 aliphatic rings. The van der Waals surface area contributed by atoms with Gasteiger partial charge in [-0.15, -0.1) is 10.2 Å². The van der Waals surface area contributed by atoms with Crippen molar-refractivity contribution >= 4 is 17.2 Å². The van der Waals surface area contributed by atoms with E-state index in [0.717, 1.165) is 26.7 Å². The van der Waals surface area contributed by atoms with E-state index in [1.54, 1.807) is 24.5 Å². The Labute approximate surface area is 158 Å². The van der Waals surface area contributed by atoms with Crippen LogP contribution in [0, 0.1) is 5.82 Å². The molecule has 7 heteroatoms. The summed E-state index contributed by atoms with van der Waals surface area (Å²) < 4.78 is 13.1. The second kappa shape index (κ2) is 7.51. The lowest BCUT2D eigenvalue weighted by atomic mass is 10.0. The minimum Gasteiger partial charge on any atom is -0.366 e. The number of aromatic amines is 1. The van der Waals surface area contributed by atoms with Crippen molar-refractivity contribution in [3.63, 3.8) is 0 Å². The largest absolute Gasteiger partial charge is 0.366 e. The topological polar surface area (TPSA) is 70.7 Å². The second-order valence-corrected chi connectivity index (χ2v) is 6.90. The molecule has 1 amide bonds. The molecular weight excluding hydrogens is 363 g/mol. The average Bonchev–Trinajstić information content (AvgIpc) is 3.37. The van der Waals surface area contributed by atoms with Gasteiger partial charge in [0.25, 0.3) is 5.91 Å². The second-order valence-electron chi connectivity index (χ2n) is 5.84. The van der Waals surface area contributed by atoms with Crippen LogP contribution in [0.5, 0.6) is 0 Å². The third-order valence-corrected chi connectivity index (χ3v) is 5.01. The maximum atomic E-state index is 13.1. The van der Waals surface area contributed by atoms with Gasteiger partial charge in [-0.3, -0.25) is 4.79 Å². The van der Waals surface area contributed by atoms with Crippen LogP contribution in [0.3, 0.4) is 0 Å². The summed E-state index contributed by atoms with van der Waals surface area (Å²) in [4.78, 5) is 15.5. The first-order valence-corrected chi connectivity index (χ1v) is 9.11. The van der Waals surface area contributed by atoms with Crippen LogP contribution >= 0.6 is 11.3 Å². The van der Waals surface area contributed by atoms with Gasteiger partial charge in [-0.2, -0.15) is 0 Å². The summed E-state index contributed by atoms with van der Waals surface area (Å²) in [6.45, 7) is 0.289. The maximum absolute atomic E-state index is 13.1. The molecular formula is C20H15FN4OS. The van der Waals surface area contributed by atoms with Crippen molar-refractivity contribution < 1.29 is 9.18 Å². The molecule has 0 radical (unpaired) electrons. The van der Waals surface area contributed by atoms with Gasteiger partial charge in [0.1, 0.15) is 15.8 Å². The molecule has 0 bridgehead atoms. The molecule has 0 aliphatic heterocycles. The Kier molecular flexibility index (Phi) is 4.76. The van der Waals surface area contributed by atoms with Crippen LogP contribution in [-0.4, -0.2) is 21.1 Å². The van der Waals surface area contributed by atoms with Crippen molar-refractivity contribution in [1.29, 1.82) is 0 Å². The van der Waals surface area contributed by atoms with Crippen molar-refractivity contribution in [3.8, 4) is 21.7 Å². The molecule has 2 aromatic carbocycles. The fourth-order valence-corrected chi connectivity index (χ4v) is 3.48. The number of hydrogen-bond acceptors (Lipinski definition) is 4. The average molecular weight is 378 g/mol. The predicted molar refractivity (Wildman–Crippen MR) is 103 cm³/mol. The highest BCUT2D eigenvalue weighted by Crippen LogP contribution is 2.25. The van der Waals surface area contributed by atoms with Crippen molar-refractivity contribution in [2.24, 2.45) is 0 Å². The van der Waals surface area contributed by atoms with Crippen molar-refractivity contribution in [2.45, 2.75) is 6.54 Å². The number of nitrogens with one attached hydrogen (secondary N) is 2. The van der Waals surface area contributed by atoms with E-state index in [1.807, 2.05) is 30.3 Å². The highest BCUT2D eigenvalue weighted by Gasteiger charge is 2.15. The van der Waals surface area contributed by atoms with Crippen LogP contribution < -0.4 is 5.32 Å². The van der Waals surface area contributed by atoms with Crippen LogP contribution in [0.25, 0.3) is 21.7 Å². The van der Waals surface area contributed by atoms with Gasteiger partial charge < -0.3 is 10.3 Å². The number of rotatable bonds is 5. The van der Waals surface area contributed by atoms with Gasteiger partial charge in [0.2, 0.25) is 0 Å². The van der Waals surface area contributed by atoms with Crippen molar-refractivity contribution in [1.82, 2.24) is 20.5 Å². The van der Waals surface area contributed by atoms with E-state index in [2.05, 4.69) is 20.5 Å². The number of hydrogen-bond donors (Lipinski definition) is 2.